The van der Waals surface area contributed by atoms with Crippen molar-refractivity contribution in [3.63, 3.8) is 0 Å². The van der Waals surface area contributed by atoms with E-state index in [2.05, 4.69) is 20.6 Å². The molecule has 3 rings (SSSR count). The Morgan fingerprint density at radius 2 is 2.27 bits per heavy atom. The van der Waals surface area contributed by atoms with E-state index in [0.717, 1.165) is 31.4 Å². The number of rotatable bonds is 8. The third kappa shape index (κ3) is 7.89. The lowest BCUT2D eigenvalue weighted by Gasteiger charge is -2.25. The van der Waals surface area contributed by atoms with Gasteiger partial charge in [-0.05, 0) is 50.7 Å². The molecule has 2 aliphatic carbocycles. The summed E-state index contributed by atoms with van der Waals surface area (Å²) in [5.41, 5.74) is 1.58. The van der Waals surface area contributed by atoms with Gasteiger partial charge in [0, 0.05) is 29.8 Å². The predicted octanol–water partition coefficient (Wildman–Crippen LogP) is 3.96. The van der Waals surface area contributed by atoms with Crippen molar-refractivity contribution in [2.45, 2.75) is 45.1 Å². The first-order valence-corrected chi connectivity index (χ1v) is 11.7. The van der Waals surface area contributed by atoms with E-state index in [4.69, 9.17) is 21.4 Å². The highest BCUT2D eigenvalue weighted by atomic mass is 35.5. The first-order valence-electron chi connectivity index (χ1n) is 11.3. The van der Waals surface area contributed by atoms with Crippen LogP contribution in [-0.2, 0) is 9.53 Å². The number of dihydropyridines is 1. The van der Waals surface area contributed by atoms with Gasteiger partial charge in [-0.25, -0.2) is 4.79 Å². The molecule has 3 atom stereocenters. The average molecular weight is 475 g/mol. The summed E-state index contributed by atoms with van der Waals surface area (Å²) in [4.78, 5) is 32.3. The van der Waals surface area contributed by atoms with Crippen molar-refractivity contribution in [1.29, 1.82) is 0 Å². The molecule has 3 aliphatic rings. The van der Waals surface area contributed by atoms with Crippen LogP contribution in [0.1, 0.15) is 39.0 Å². The Kier molecular flexibility index (Phi) is 9.30. The van der Waals surface area contributed by atoms with Gasteiger partial charge in [0.05, 0.1) is 18.7 Å². The lowest BCUT2D eigenvalue weighted by molar-refractivity contribution is -0.137. The molecule has 0 aromatic rings. The Morgan fingerprint density at radius 3 is 3.00 bits per heavy atom. The lowest BCUT2D eigenvalue weighted by Crippen LogP contribution is -2.39. The third-order valence-corrected chi connectivity index (χ3v) is 6.13. The fraction of sp³-hybridized carbons (Fsp3) is 0.500. The van der Waals surface area contributed by atoms with Crippen molar-refractivity contribution < 1.29 is 19.4 Å². The lowest BCUT2D eigenvalue weighted by atomic mass is 9.92. The Balaban J connectivity index is 1.43. The number of alkyl carbamates (subject to hydrolysis) is 1. The number of nitrogens with one attached hydrogen (secondary N) is 2. The van der Waals surface area contributed by atoms with Gasteiger partial charge in [-0.1, -0.05) is 35.9 Å². The van der Waals surface area contributed by atoms with Crippen LogP contribution in [-0.4, -0.2) is 54.5 Å². The summed E-state index contributed by atoms with van der Waals surface area (Å²) in [5.74, 6) is -0.115. The molecule has 9 heteroatoms. The fourth-order valence-electron chi connectivity index (χ4n) is 3.92. The molecule has 1 aliphatic heterocycles. The van der Waals surface area contributed by atoms with E-state index in [1.165, 1.54) is 0 Å². The smallest absolute Gasteiger partial charge is 0.412 e. The maximum Gasteiger partial charge on any atom is 0.412 e. The minimum absolute atomic E-state index is 0.0404. The number of aliphatic imine (C=N–C) groups is 2. The molecule has 1 amide bonds. The fourth-order valence-corrected chi connectivity index (χ4v) is 4.26. The van der Waals surface area contributed by atoms with Crippen molar-refractivity contribution in [2.24, 2.45) is 21.8 Å². The molecule has 0 fully saturated rings. The number of halogens is 1. The Morgan fingerprint density at radius 1 is 1.42 bits per heavy atom. The zero-order valence-corrected chi connectivity index (χ0v) is 19.6. The maximum atomic E-state index is 12.4. The molecule has 0 bridgehead atoms. The molecule has 3 unspecified atom stereocenters. The predicted molar refractivity (Wildman–Crippen MR) is 130 cm³/mol. The maximum absolute atomic E-state index is 12.4. The Hall–Kier alpha value is -2.87. The highest BCUT2D eigenvalue weighted by molar-refractivity contribution is 6.30. The van der Waals surface area contributed by atoms with Crippen LogP contribution in [0.15, 0.2) is 57.2 Å². The number of ether oxygens (including phenoxy) is 1. The minimum Gasteiger partial charge on any atom is -0.481 e. The van der Waals surface area contributed by atoms with E-state index in [-0.39, 0.29) is 24.4 Å². The van der Waals surface area contributed by atoms with Gasteiger partial charge < -0.3 is 15.2 Å². The molecule has 3 N–H and O–H groups in total. The topological polar surface area (TPSA) is 112 Å². The van der Waals surface area contributed by atoms with E-state index >= 15 is 0 Å². The first-order chi connectivity index (χ1) is 15.9. The van der Waals surface area contributed by atoms with Crippen molar-refractivity contribution in [1.82, 2.24) is 10.6 Å². The van der Waals surface area contributed by atoms with Gasteiger partial charge in [0.1, 0.15) is 11.9 Å². The van der Waals surface area contributed by atoms with Gasteiger partial charge >= 0.3 is 12.1 Å². The number of amides is 1. The van der Waals surface area contributed by atoms with E-state index in [9.17, 15) is 9.59 Å². The number of carboxylic acid groups (broad SMARTS) is 1. The van der Waals surface area contributed by atoms with Crippen LogP contribution in [0.4, 0.5) is 4.79 Å². The second kappa shape index (κ2) is 12.4. The van der Waals surface area contributed by atoms with Crippen LogP contribution in [0.3, 0.4) is 0 Å². The summed E-state index contributed by atoms with van der Waals surface area (Å²) in [5, 5.41) is 15.6. The highest BCUT2D eigenvalue weighted by Gasteiger charge is 2.25. The van der Waals surface area contributed by atoms with Crippen molar-refractivity contribution >= 4 is 35.2 Å². The molecule has 0 aromatic carbocycles. The molecule has 0 saturated heterocycles. The summed E-state index contributed by atoms with van der Waals surface area (Å²) in [6.45, 7) is 3.60. The summed E-state index contributed by atoms with van der Waals surface area (Å²) >= 11 is 6.25. The zero-order chi connectivity index (χ0) is 23.6. The van der Waals surface area contributed by atoms with Crippen LogP contribution >= 0.6 is 11.6 Å². The number of carbonyl (C=O) groups is 2. The summed E-state index contributed by atoms with van der Waals surface area (Å²) in [6.07, 6.45) is 13.8. The molecule has 8 nitrogen and oxygen atoms in total. The van der Waals surface area contributed by atoms with Crippen LogP contribution in [0.2, 0.25) is 0 Å². The van der Waals surface area contributed by atoms with Gasteiger partial charge in [0.25, 0.3) is 0 Å². The number of hydrogen-bond donors (Lipinski definition) is 3. The number of nitrogens with zero attached hydrogens (tertiary/aromatic N) is 2. The number of carbonyl (C=O) groups excluding carboxylic acids is 1. The Labute approximate surface area is 199 Å². The van der Waals surface area contributed by atoms with Crippen molar-refractivity contribution in [3.8, 4) is 0 Å². The summed E-state index contributed by atoms with van der Waals surface area (Å²) in [6, 6.07) is 0. The SMILES string of the molecule is CC(OC(=O)NC1=CCCN=C1NCCN=C1C=CC(CC(=O)O)CC1)C1CC=CC=C1Cl. The number of amidine groups is 1. The van der Waals surface area contributed by atoms with Crippen LogP contribution in [0.5, 0.6) is 0 Å². The Bertz CT molecular complexity index is 919. The highest BCUT2D eigenvalue weighted by Crippen LogP contribution is 2.28. The number of carboxylic acids is 1. The normalized spacial score (nSPS) is 24.4. The summed E-state index contributed by atoms with van der Waals surface area (Å²) < 4.78 is 5.55. The standard InChI is InChI=1S/C24H31ClN4O4/c1-16(19-5-2-3-6-20(19)25)33-24(32)29-21-7-4-12-27-23(21)28-14-13-26-18-10-8-17(9-11-18)15-22(30)31/h2-3,6-8,10,16-17,19H,4-5,9,11-15H2,1H3,(H,27,28)(H,29,32)(H,30,31). The molecule has 0 spiro atoms. The van der Waals surface area contributed by atoms with Gasteiger partial charge in [0.15, 0.2) is 0 Å². The van der Waals surface area contributed by atoms with E-state index in [1.807, 2.05) is 43.4 Å². The second-order valence-electron chi connectivity index (χ2n) is 8.25. The quantitative estimate of drug-likeness (QED) is 0.461. The van der Waals surface area contributed by atoms with Gasteiger partial charge in [0.2, 0.25) is 0 Å². The minimum atomic E-state index is -0.773. The number of allylic oxidation sites excluding steroid dienone is 5. The van der Waals surface area contributed by atoms with Gasteiger partial charge in [-0.2, -0.15) is 0 Å². The van der Waals surface area contributed by atoms with E-state index < -0.39 is 12.1 Å². The molecule has 0 radical (unpaired) electrons. The van der Waals surface area contributed by atoms with Crippen molar-refractivity contribution in [3.05, 3.63) is 47.2 Å². The second-order valence-corrected chi connectivity index (χ2v) is 8.69. The molecular weight excluding hydrogens is 444 g/mol. The number of aliphatic carboxylic acids is 1. The molecule has 178 valence electrons. The molecule has 0 aromatic heterocycles. The van der Waals surface area contributed by atoms with Crippen molar-refractivity contribution in [2.75, 3.05) is 19.6 Å². The first kappa shape index (κ1) is 24.8. The average Bonchev–Trinajstić information content (AvgIpc) is 2.78. The molecule has 0 saturated carbocycles. The molecular formula is C24H31ClN4O4. The zero-order valence-electron chi connectivity index (χ0n) is 18.8. The molecule has 1 heterocycles. The largest absolute Gasteiger partial charge is 0.481 e. The van der Waals surface area contributed by atoms with E-state index in [1.54, 1.807) is 0 Å². The van der Waals surface area contributed by atoms with Gasteiger partial charge in [-0.15, -0.1) is 0 Å². The van der Waals surface area contributed by atoms with Crippen LogP contribution in [0, 0.1) is 11.8 Å². The summed E-state index contributed by atoms with van der Waals surface area (Å²) in [7, 11) is 0. The van der Waals surface area contributed by atoms with E-state index in [0.29, 0.717) is 36.2 Å². The molecule has 33 heavy (non-hydrogen) atoms. The van der Waals surface area contributed by atoms with Crippen LogP contribution < -0.4 is 10.6 Å². The third-order valence-electron chi connectivity index (χ3n) is 5.72. The van der Waals surface area contributed by atoms with Gasteiger partial charge in [-0.3, -0.25) is 20.1 Å². The van der Waals surface area contributed by atoms with Crippen LogP contribution in [0.25, 0.3) is 0 Å². The monoisotopic (exact) mass is 474 g/mol. The number of hydrogen-bond acceptors (Lipinski definition) is 6.